The lowest BCUT2D eigenvalue weighted by molar-refractivity contribution is -0.129. The van der Waals surface area contributed by atoms with E-state index in [1.165, 1.54) is 11.1 Å². The third-order valence-corrected chi connectivity index (χ3v) is 3.56. The van der Waals surface area contributed by atoms with E-state index in [-0.39, 0.29) is 10.7 Å². The van der Waals surface area contributed by atoms with Gasteiger partial charge in [0.15, 0.2) is 0 Å². The van der Waals surface area contributed by atoms with Gasteiger partial charge in [-0.2, -0.15) is 0 Å². The molecule has 1 aromatic rings. The smallest absolute Gasteiger partial charge is 0.235 e. The third kappa shape index (κ3) is 4.53. The second-order valence-corrected chi connectivity index (χ2v) is 6.30. The summed E-state index contributed by atoms with van der Waals surface area (Å²) in [6, 6.07) is 4.18. The van der Waals surface area contributed by atoms with E-state index in [4.69, 9.17) is 4.74 Å². The zero-order valence-electron chi connectivity index (χ0n) is 12.3. The first kappa shape index (κ1) is 16.0. The molecule has 19 heavy (non-hydrogen) atoms. The summed E-state index contributed by atoms with van der Waals surface area (Å²) >= 11 is 3.28. The predicted molar refractivity (Wildman–Crippen MR) is 82.2 cm³/mol. The number of nitrogens with zero attached hydrogens (tertiary/aromatic N) is 1. The molecule has 1 amide bonds. The predicted octanol–water partition coefficient (Wildman–Crippen LogP) is 3.23. The molecule has 106 valence electrons. The van der Waals surface area contributed by atoms with Gasteiger partial charge in [-0.15, -0.1) is 0 Å². The van der Waals surface area contributed by atoms with Gasteiger partial charge >= 0.3 is 0 Å². The highest BCUT2D eigenvalue weighted by Crippen LogP contribution is 2.23. The average Bonchev–Trinajstić information content (AvgIpc) is 2.33. The number of halogens is 1. The van der Waals surface area contributed by atoms with Crippen LogP contribution in [0.25, 0.3) is 0 Å². The van der Waals surface area contributed by atoms with Gasteiger partial charge < -0.3 is 9.64 Å². The van der Waals surface area contributed by atoms with E-state index in [1.54, 1.807) is 11.9 Å². The molecule has 0 saturated heterocycles. The Morgan fingerprint density at radius 2 is 2.00 bits per heavy atom. The minimum atomic E-state index is -0.152. The Labute approximate surface area is 124 Å². The molecule has 4 heteroatoms. The molecule has 3 nitrogen and oxygen atoms in total. The minimum Gasteiger partial charge on any atom is -0.491 e. The van der Waals surface area contributed by atoms with Crippen LogP contribution in [-0.4, -0.2) is 35.8 Å². The van der Waals surface area contributed by atoms with Gasteiger partial charge in [-0.1, -0.05) is 22.0 Å². The van der Waals surface area contributed by atoms with E-state index < -0.39 is 0 Å². The van der Waals surface area contributed by atoms with Crippen molar-refractivity contribution in [2.45, 2.75) is 32.5 Å². The van der Waals surface area contributed by atoms with Crippen molar-refractivity contribution in [2.75, 3.05) is 20.2 Å². The first-order chi connectivity index (χ1) is 8.82. The second kappa shape index (κ2) is 6.94. The summed E-state index contributed by atoms with van der Waals surface area (Å²) in [5, 5.41) is 0. The Morgan fingerprint density at radius 1 is 1.37 bits per heavy atom. The summed E-state index contributed by atoms with van der Waals surface area (Å²) in [5.41, 5.74) is 3.58. The molecule has 0 bridgehead atoms. The number of amides is 1. The molecular formula is C15H22BrNO2. The number of likely N-dealkylation sites (N-methyl/N-ethyl adjacent to an activating group) is 1. The fourth-order valence-corrected chi connectivity index (χ4v) is 2.21. The van der Waals surface area contributed by atoms with Crippen LogP contribution in [0.2, 0.25) is 0 Å². The molecule has 0 aliphatic rings. The van der Waals surface area contributed by atoms with Gasteiger partial charge in [0.2, 0.25) is 5.91 Å². The van der Waals surface area contributed by atoms with Crippen LogP contribution in [-0.2, 0) is 4.79 Å². The van der Waals surface area contributed by atoms with Crippen LogP contribution >= 0.6 is 15.9 Å². The highest BCUT2D eigenvalue weighted by atomic mass is 79.9. The van der Waals surface area contributed by atoms with Crippen LogP contribution in [0.5, 0.6) is 5.75 Å². The molecule has 0 spiro atoms. The van der Waals surface area contributed by atoms with E-state index in [1.807, 2.05) is 13.0 Å². The lowest BCUT2D eigenvalue weighted by Gasteiger charge is -2.19. The van der Waals surface area contributed by atoms with E-state index in [0.717, 1.165) is 11.3 Å². The van der Waals surface area contributed by atoms with Gasteiger partial charge in [0.25, 0.3) is 0 Å². The van der Waals surface area contributed by atoms with Crippen molar-refractivity contribution in [1.82, 2.24) is 4.90 Å². The number of hydrogen-bond donors (Lipinski definition) is 0. The van der Waals surface area contributed by atoms with Crippen molar-refractivity contribution in [3.8, 4) is 5.75 Å². The number of rotatable bonds is 5. The number of ether oxygens (including phenoxy) is 1. The van der Waals surface area contributed by atoms with Gasteiger partial charge in [-0.25, -0.2) is 0 Å². The largest absolute Gasteiger partial charge is 0.491 e. The Morgan fingerprint density at radius 3 is 2.58 bits per heavy atom. The summed E-state index contributed by atoms with van der Waals surface area (Å²) in [4.78, 5) is 13.2. The monoisotopic (exact) mass is 327 g/mol. The van der Waals surface area contributed by atoms with Crippen LogP contribution in [0.15, 0.2) is 12.1 Å². The lowest BCUT2D eigenvalue weighted by Crippen LogP contribution is -2.35. The Balaban J connectivity index is 2.57. The molecule has 0 N–H and O–H groups in total. The first-order valence-electron chi connectivity index (χ1n) is 6.42. The van der Waals surface area contributed by atoms with Gasteiger partial charge in [-0.05, 0) is 50.5 Å². The molecule has 0 radical (unpaired) electrons. The number of aryl methyl sites for hydroxylation is 2. The molecule has 0 aromatic heterocycles. The highest BCUT2D eigenvalue weighted by molar-refractivity contribution is 9.10. The molecule has 0 aliphatic heterocycles. The van der Waals surface area contributed by atoms with Gasteiger partial charge in [-0.3, -0.25) is 4.79 Å². The lowest BCUT2D eigenvalue weighted by atomic mass is 10.1. The van der Waals surface area contributed by atoms with E-state index in [9.17, 15) is 4.79 Å². The van der Waals surface area contributed by atoms with Crippen molar-refractivity contribution < 1.29 is 9.53 Å². The highest BCUT2D eigenvalue weighted by Gasteiger charge is 2.14. The number of benzene rings is 1. The van der Waals surface area contributed by atoms with Crippen LogP contribution < -0.4 is 4.74 Å². The average molecular weight is 328 g/mol. The molecule has 1 atom stereocenters. The maximum Gasteiger partial charge on any atom is 0.235 e. The quantitative estimate of drug-likeness (QED) is 0.777. The van der Waals surface area contributed by atoms with Crippen LogP contribution in [0.4, 0.5) is 0 Å². The third-order valence-electron chi connectivity index (χ3n) is 3.16. The fraction of sp³-hybridized carbons (Fsp3) is 0.533. The minimum absolute atomic E-state index is 0.0701. The van der Waals surface area contributed by atoms with Crippen molar-refractivity contribution in [3.05, 3.63) is 28.8 Å². The second-order valence-electron chi connectivity index (χ2n) is 4.93. The maximum atomic E-state index is 11.7. The molecule has 1 unspecified atom stereocenters. The number of carbonyl (C=O) groups is 1. The molecule has 0 heterocycles. The van der Waals surface area contributed by atoms with Crippen LogP contribution in [0.1, 0.15) is 23.6 Å². The maximum absolute atomic E-state index is 11.7. The Bertz CT molecular complexity index is 458. The first-order valence-corrected chi connectivity index (χ1v) is 7.34. The van der Waals surface area contributed by atoms with Gasteiger partial charge in [0.05, 0.1) is 11.4 Å². The van der Waals surface area contributed by atoms with Crippen molar-refractivity contribution >= 4 is 21.8 Å². The Hall–Kier alpha value is -1.03. The molecule has 0 saturated carbocycles. The summed E-state index contributed by atoms with van der Waals surface area (Å²) in [7, 11) is 1.79. The number of alkyl halides is 1. The van der Waals surface area contributed by atoms with Crippen molar-refractivity contribution in [3.63, 3.8) is 0 Å². The standard InChI is InChI=1S/C15H22BrNO2/c1-10-8-11(2)12(3)14(9-10)19-7-6-17(5)15(18)13(4)16/h8-9,13H,6-7H2,1-5H3. The summed E-state index contributed by atoms with van der Waals surface area (Å²) in [5.74, 6) is 0.978. The molecule has 1 aromatic carbocycles. The van der Waals surface area contributed by atoms with Crippen LogP contribution in [0, 0.1) is 20.8 Å². The number of carbonyl (C=O) groups excluding carboxylic acids is 1. The molecule has 0 fully saturated rings. The Kier molecular flexibility index (Phi) is 5.85. The summed E-state index contributed by atoms with van der Waals surface area (Å²) in [6.45, 7) is 9.11. The number of hydrogen-bond acceptors (Lipinski definition) is 2. The zero-order valence-corrected chi connectivity index (χ0v) is 13.9. The van der Waals surface area contributed by atoms with E-state index in [2.05, 4.69) is 42.8 Å². The van der Waals surface area contributed by atoms with Crippen molar-refractivity contribution in [1.29, 1.82) is 0 Å². The zero-order chi connectivity index (χ0) is 14.6. The van der Waals surface area contributed by atoms with Gasteiger partial charge in [0.1, 0.15) is 12.4 Å². The summed E-state index contributed by atoms with van der Waals surface area (Å²) in [6.07, 6.45) is 0. The fourth-order valence-electron chi connectivity index (χ4n) is 1.86. The molecule has 1 rings (SSSR count). The van der Waals surface area contributed by atoms with E-state index in [0.29, 0.717) is 13.2 Å². The SMILES string of the molecule is Cc1cc(C)c(C)c(OCCN(C)C(=O)C(C)Br)c1. The molecule has 0 aliphatic carbocycles. The van der Waals surface area contributed by atoms with Crippen LogP contribution in [0.3, 0.4) is 0 Å². The van der Waals surface area contributed by atoms with Crippen molar-refractivity contribution in [2.24, 2.45) is 0 Å². The topological polar surface area (TPSA) is 29.5 Å². The summed E-state index contributed by atoms with van der Waals surface area (Å²) < 4.78 is 5.79. The normalized spacial score (nSPS) is 12.1. The van der Waals surface area contributed by atoms with E-state index >= 15 is 0 Å². The molecular weight excluding hydrogens is 306 g/mol. The van der Waals surface area contributed by atoms with Gasteiger partial charge in [0, 0.05) is 7.05 Å².